The van der Waals surface area contributed by atoms with E-state index in [4.69, 9.17) is 0 Å². The van der Waals surface area contributed by atoms with Crippen LogP contribution in [0.4, 0.5) is 0 Å². The van der Waals surface area contributed by atoms with Gasteiger partial charge in [0.15, 0.2) is 0 Å². The van der Waals surface area contributed by atoms with Gasteiger partial charge in [0.1, 0.15) is 0 Å². The van der Waals surface area contributed by atoms with Crippen molar-refractivity contribution in [3.05, 3.63) is 35.9 Å². The standard InChI is InChI=1S/C13H18BrNO2/c14-9-5-4-8-13(17)15-12(10-16)11-6-2-1-3-7-11/h1-3,6-7,12,16H,4-5,8-10H2,(H,15,17)/t12-/m0/s1. The van der Waals surface area contributed by atoms with Crippen LogP contribution in [0.25, 0.3) is 0 Å². The van der Waals surface area contributed by atoms with Crippen LogP contribution in [0.2, 0.25) is 0 Å². The van der Waals surface area contributed by atoms with Crippen LogP contribution in [0.5, 0.6) is 0 Å². The summed E-state index contributed by atoms with van der Waals surface area (Å²) in [6.07, 6.45) is 2.36. The maximum Gasteiger partial charge on any atom is 0.220 e. The smallest absolute Gasteiger partial charge is 0.220 e. The van der Waals surface area contributed by atoms with Crippen molar-refractivity contribution in [3.63, 3.8) is 0 Å². The molecular formula is C13H18BrNO2. The van der Waals surface area contributed by atoms with Gasteiger partial charge in [-0.25, -0.2) is 0 Å². The number of rotatable bonds is 7. The lowest BCUT2D eigenvalue weighted by Crippen LogP contribution is -2.30. The molecule has 1 aromatic rings. The molecule has 17 heavy (non-hydrogen) atoms. The Balaban J connectivity index is 2.44. The molecule has 1 aromatic carbocycles. The second-order valence-corrected chi connectivity index (χ2v) is 4.65. The average Bonchev–Trinajstić information content (AvgIpc) is 2.37. The predicted molar refractivity (Wildman–Crippen MR) is 72.1 cm³/mol. The molecule has 94 valence electrons. The first kappa shape index (κ1) is 14.2. The lowest BCUT2D eigenvalue weighted by molar-refractivity contribution is -0.122. The summed E-state index contributed by atoms with van der Waals surface area (Å²) in [7, 11) is 0. The van der Waals surface area contributed by atoms with Crippen LogP contribution in [0.15, 0.2) is 30.3 Å². The number of carbonyl (C=O) groups is 1. The number of hydrogen-bond acceptors (Lipinski definition) is 2. The van der Waals surface area contributed by atoms with Gasteiger partial charge in [0.25, 0.3) is 0 Å². The summed E-state index contributed by atoms with van der Waals surface area (Å²) in [5, 5.41) is 13.0. The second kappa shape index (κ2) is 8.25. The second-order valence-electron chi connectivity index (χ2n) is 3.86. The summed E-state index contributed by atoms with van der Waals surface area (Å²) >= 11 is 3.33. The summed E-state index contributed by atoms with van der Waals surface area (Å²) in [5.74, 6) is -0.00569. The summed E-state index contributed by atoms with van der Waals surface area (Å²) < 4.78 is 0. The Bertz CT molecular complexity index is 329. The monoisotopic (exact) mass is 299 g/mol. The molecule has 0 radical (unpaired) electrons. The van der Waals surface area contributed by atoms with Crippen molar-refractivity contribution in [1.29, 1.82) is 0 Å². The van der Waals surface area contributed by atoms with Gasteiger partial charge in [-0.3, -0.25) is 4.79 Å². The fraction of sp³-hybridized carbons (Fsp3) is 0.462. The lowest BCUT2D eigenvalue weighted by atomic mass is 10.1. The zero-order valence-electron chi connectivity index (χ0n) is 9.73. The van der Waals surface area contributed by atoms with Crippen LogP contribution >= 0.6 is 15.9 Å². The molecule has 0 saturated carbocycles. The zero-order valence-corrected chi connectivity index (χ0v) is 11.3. The molecule has 0 aliphatic rings. The van der Waals surface area contributed by atoms with E-state index in [0.717, 1.165) is 23.7 Å². The largest absolute Gasteiger partial charge is 0.394 e. The van der Waals surface area contributed by atoms with Gasteiger partial charge in [-0.15, -0.1) is 0 Å². The maximum atomic E-state index is 11.6. The molecule has 2 N–H and O–H groups in total. The van der Waals surface area contributed by atoms with Crippen molar-refractivity contribution in [3.8, 4) is 0 Å². The van der Waals surface area contributed by atoms with E-state index in [1.165, 1.54) is 0 Å². The van der Waals surface area contributed by atoms with E-state index in [1.807, 2.05) is 30.3 Å². The molecule has 0 spiro atoms. The van der Waals surface area contributed by atoms with E-state index in [2.05, 4.69) is 21.2 Å². The third-order valence-corrected chi connectivity index (χ3v) is 3.07. The molecule has 1 amide bonds. The first-order chi connectivity index (χ1) is 8.27. The van der Waals surface area contributed by atoms with Gasteiger partial charge in [0.2, 0.25) is 5.91 Å². The van der Waals surface area contributed by atoms with Gasteiger partial charge >= 0.3 is 0 Å². The number of nitrogens with one attached hydrogen (secondary N) is 1. The molecule has 0 aliphatic heterocycles. The Morgan fingerprint density at radius 2 is 2.00 bits per heavy atom. The van der Waals surface area contributed by atoms with Crippen LogP contribution in [0, 0.1) is 0 Å². The van der Waals surface area contributed by atoms with Crippen LogP contribution in [0.3, 0.4) is 0 Å². The number of hydrogen-bond donors (Lipinski definition) is 2. The number of aliphatic hydroxyl groups is 1. The Kier molecular flexibility index (Phi) is 6.89. The van der Waals surface area contributed by atoms with Gasteiger partial charge in [-0.2, -0.15) is 0 Å². The fourth-order valence-electron chi connectivity index (χ4n) is 1.57. The van der Waals surface area contributed by atoms with Crippen LogP contribution in [-0.4, -0.2) is 23.0 Å². The summed E-state index contributed by atoms with van der Waals surface area (Å²) in [6, 6.07) is 9.21. The number of benzene rings is 1. The van der Waals surface area contributed by atoms with E-state index >= 15 is 0 Å². The Morgan fingerprint density at radius 1 is 1.29 bits per heavy atom. The average molecular weight is 300 g/mol. The van der Waals surface area contributed by atoms with Gasteiger partial charge in [0.05, 0.1) is 12.6 Å². The summed E-state index contributed by atoms with van der Waals surface area (Å²) in [4.78, 5) is 11.6. The number of alkyl halides is 1. The normalized spacial score (nSPS) is 12.1. The van der Waals surface area contributed by atoms with E-state index in [1.54, 1.807) is 0 Å². The molecular weight excluding hydrogens is 282 g/mol. The minimum atomic E-state index is -0.298. The molecule has 4 heteroatoms. The van der Waals surface area contributed by atoms with Gasteiger partial charge in [0, 0.05) is 11.8 Å². The van der Waals surface area contributed by atoms with Gasteiger partial charge in [-0.05, 0) is 18.4 Å². The Hall–Kier alpha value is -0.870. The third-order valence-electron chi connectivity index (χ3n) is 2.51. The highest BCUT2D eigenvalue weighted by Gasteiger charge is 2.12. The quantitative estimate of drug-likeness (QED) is 0.600. The molecule has 3 nitrogen and oxygen atoms in total. The molecule has 0 saturated heterocycles. The molecule has 0 aliphatic carbocycles. The van der Waals surface area contributed by atoms with Gasteiger partial charge < -0.3 is 10.4 Å². The highest BCUT2D eigenvalue weighted by atomic mass is 79.9. The summed E-state index contributed by atoms with van der Waals surface area (Å²) in [5.41, 5.74) is 0.934. The molecule has 0 aromatic heterocycles. The zero-order chi connectivity index (χ0) is 12.5. The predicted octanol–water partition coefficient (Wildman–Crippen LogP) is 2.40. The van der Waals surface area contributed by atoms with Crippen molar-refractivity contribution in [1.82, 2.24) is 5.32 Å². The first-order valence-electron chi connectivity index (χ1n) is 5.79. The minimum absolute atomic E-state index is 0.00569. The van der Waals surface area contributed by atoms with Crippen molar-refractivity contribution in [2.75, 3.05) is 11.9 Å². The Morgan fingerprint density at radius 3 is 2.59 bits per heavy atom. The Labute approximate surface area is 110 Å². The molecule has 0 bridgehead atoms. The van der Waals surface area contributed by atoms with Gasteiger partial charge in [-0.1, -0.05) is 46.3 Å². The van der Waals surface area contributed by atoms with Crippen LogP contribution in [-0.2, 0) is 4.79 Å². The van der Waals surface area contributed by atoms with Crippen LogP contribution in [0.1, 0.15) is 30.9 Å². The lowest BCUT2D eigenvalue weighted by Gasteiger charge is -2.16. The van der Waals surface area contributed by atoms with Crippen molar-refractivity contribution in [2.45, 2.75) is 25.3 Å². The molecule has 0 heterocycles. The highest BCUT2D eigenvalue weighted by Crippen LogP contribution is 2.12. The van der Waals surface area contributed by atoms with E-state index < -0.39 is 0 Å². The number of unbranched alkanes of at least 4 members (excludes halogenated alkanes) is 1. The molecule has 1 atom stereocenters. The number of halogens is 1. The first-order valence-corrected chi connectivity index (χ1v) is 6.91. The number of aliphatic hydroxyl groups excluding tert-OH is 1. The highest BCUT2D eigenvalue weighted by molar-refractivity contribution is 9.09. The van der Waals surface area contributed by atoms with E-state index in [9.17, 15) is 9.90 Å². The fourth-order valence-corrected chi connectivity index (χ4v) is 1.96. The van der Waals surface area contributed by atoms with Crippen molar-refractivity contribution in [2.24, 2.45) is 0 Å². The molecule has 1 rings (SSSR count). The summed E-state index contributed by atoms with van der Waals surface area (Å²) in [6.45, 7) is -0.0752. The van der Waals surface area contributed by atoms with Crippen LogP contribution < -0.4 is 5.32 Å². The maximum absolute atomic E-state index is 11.6. The molecule has 0 fully saturated rings. The third kappa shape index (κ3) is 5.33. The number of carbonyl (C=O) groups excluding carboxylic acids is 1. The topological polar surface area (TPSA) is 49.3 Å². The minimum Gasteiger partial charge on any atom is -0.394 e. The van der Waals surface area contributed by atoms with E-state index in [0.29, 0.717) is 6.42 Å². The number of amides is 1. The molecule has 0 unspecified atom stereocenters. The SMILES string of the molecule is O=C(CCCCBr)N[C@@H](CO)c1ccccc1. The van der Waals surface area contributed by atoms with Crippen molar-refractivity contribution < 1.29 is 9.90 Å². The van der Waals surface area contributed by atoms with E-state index in [-0.39, 0.29) is 18.6 Å². The van der Waals surface area contributed by atoms with Crippen molar-refractivity contribution >= 4 is 21.8 Å².